The maximum absolute atomic E-state index is 5.15. The van der Waals surface area contributed by atoms with Gasteiger partial charge in [0.25, 0.3) is 0 Å². The number of allylic oxidation sites excluding steroid dienone is 6. The van der Waals surface area contributed by atoms with Gasteiger partial charge in [-0.3, -0.25) is 0 Å². The average molecular weight is 890 g/mol. The van der Waals surface area contributed by atoms with E-state index in [1.54, 1.807) is 0 Å². The van der Waals surface area contributed by atoms with Gasteiger partial charge in [-0.05, 0) is 107 Å². The van der Waals surface area contributed by atoms with Crippen LogP contribution in [0, 0.1) is 0 Å². The van der Waals surface area contributed by atoms with Crippen molar-refractivity contribution in [3.05, 3.63) is 253 Å². The summed E-state index contributed by atoms with van der Waals surface area (Å²) in [6.07, 6.45) is 13.3. The van der Waals surface area contributed by atoms with Crippen molar-refractivity contribution in [2.45, 2.75) is 26.7 Å². The van der Waals surface area contributed by atoms with E-state index in [1.807, 2.05) is 24.3 Å². The Bertz CT molecular complexity index is 3580. The number of rotatable bonds is 10. The fourth-order valence-corrected chi connectivity index (χ4v) is 9.72. The lowest BCUT2D eigenvalue weighted by Gasteiger charge is -2.27. The fourth-order valence-electron chi connectivity index (χ4n) is 9.72. The Morgan fingerprint density at radius 1 is 0.493 bits per heavy atom. The van der Waals surface area contributed by atoms with E-state index in [1.165, 1.54) is 44.4 Å². The molecular formula is C64H51N5. The summed E-state index contributed by atoms with van der Waals surface area (Å²) >= 11 is 0. The summed E-state index contributed by atoms with van der Waals surface area (Å²) in [7, 11) is 0. The van der Waals surface area contributed by atoms with E-state index in [2.05, 4.69) is 236 Å². The quantitative estimate of drug-likeness (QED) is 0.137. The minimum atomic E-state index is 0.624. The third kappa shape index (κ3) is 8.63. The Morgan fingerprint density at radius 2 is 1.04 bits per heavy atom. The SMILES string of the molecule is C/C=C\C1=C(/CC)C/C=C\C(c2cccc(-n3c4ccccc4c4c(-c5cccc(-c6nc(-c7ccccc7)nc(-c7ccc(-c8ccccc8)cc7)n6)c5)cccc43)c2)=C/CN1c1ccccc1. The molecule has 0 aliphatic carbocycles. The van der Waals surface area contributed by atoms with Gasteiger partial charge in [0.15, 0.2) is 17.5 Å². The first-order valence-corrected chi connectivity index (χ1v) is 23.9. The Labute approximate surface area is 404 Å². The lowest BCUT2D eigenvalue weighted by atomic mass is 9.97. The molecule has 0 saturated heterocycles. The molecule has 0 unspecified atom stereocenters. The lowest BCUT2D eigenvalue weighted by molar-refractivity contribution is 0.944. The highest BCUT2D eigenvalue weighted by Gasteiger charge is 2.20. The van der Waals surface area contributed by atoms with Crippen LogP contribution in [0.25, 0.3) is 89.5 Å². The normalized spacial score (nSPS) is 15.4. The number of benzene rings is 8. The number of hydrogen-bond acceptors (Lipinski definition) is 4. The second kappa shape index (κ2) is 19.3. The third-order valence-electron chi connectivity index (χ3n) is 13.1. The third-order valence-corrected chi connectivity index (χ3v) is 13.1. The van der Waals surface area contributed by atoms with Crippen molar-refractivity contribution in [2.75, 3.05) is 11.4 Å². The zero-order valence-corrected chi connectivity index (χ0v) is 38.9. The summed E-state index contributed by atoms with van der Waals surface area (Å²) in [5, 5.41) is 2.40. The van der Waals surface area contributed by atoms with Crippen LogP contribution < -0.4 is 4.90 Å². The standard InChI is InChI=1S/C64H51N5/c1-3-20-58-45(4-2)25-16-26-47(41-42-68(58)54-30-12-7-13-31-54)51-27-18-32-55(44-51)69-59-35-15-14-33-57(59)61-56(34-19-36-60(61)69)52-28-17-29-53(43-52)64-66-62(49-23-10-6-11-24-49)65-63(67-64)50-39-37-48(38-40-50)46-21-8-5-9-22-46/h3,5-24,26-41,43-44H,4,25,42H2,1-2H3/b20-3-,26-16-,47-41+,58-45-. The number of aromatic nitrogens is 4. The van der Waals surface area contributed by atoms with E-state index >= 15 is 0 Å². The molecule has 11 rings (SSSR count). The van der Waals surface area contributed by atoms with Gasteiger partial charge in [0.2, 0.25) is 0 Å². The van der Waals surface area contributed by atoms with Gasteiger partial charge >= 0.3 is 0 Å². The van der Waals surface area contributed by atoms with Gasteiger partial charge in [0, 0.05) is 51.1 Å². The molecule has 2 aromatic heterocycles. The minimum absolute atomic E-state index is 0.624. The first kappa shape index (κ1) is 42.9. The number of fused-ring (bicyclic) bond motifs is 3. The van der Waals surface area contributed by atoms with Crippen LogP contribution in [0.2, 0.25) is 0 Å². The molecular weight excluding hydrogens is 839 g/mol. The topological polar surface area (TPSA) is 46.8 Å². The van der Waals surface area contributed by atoms with Crippen LogP contribution >= 0.6 is 0 Å². The molecule has 5 heteroatoms. The molecule has 5 nitrogen and oxygen atoms in total. The second-order valence-electron chi connectivity index (χ2n) is 17.4. The van der Waals surface area contributed by atoms with Gasteiger partial charge in [-0.2, -0.15) is 0 Å². The van der Waals surface area contributed by atoms with Crippen molar-refractivity contribution >= 4 is 33.1 Å². The van der Waals surface area contributed by atoms with Crippen molar-refractivity contribution in [1.82, 2.24) is 19.5 Å². The molecule has 69 heavy (non-hydrogen) atoms. The maximum atomic E-state index is 5.15. The van der Waals surface area contributed by atoms with Crippen LogP contribution in [0.4, 0.5) is 5.69 Å². The van der Waals surface area contributed by atoms with E-state index in [4.69, 9.17) is 15.0 Å². The van der Waals surface area contributed by atoms with E-state index in [0.717, 1.165) is 69.5 Å². The van der Waals surface area contributed by atoms with E-state index in [9.17, 15) is 0 Å². The molecule has 332 valence electrons. The van der Waals surface area contributed by atoms with Gasteiger partial charge in [0.1, 0.15) is 0 Å². The van der Waals surface area contributed by atoms with Gasteiger partial charge in [-0.15, -0.1) is 0 Å². The monoisotopic (exact) mass is 889 g/mol. The second-order valence-corrected chi connectivity index (χ2v) is 17.4. The zero-order chi connectivity index (χ0) is 46.5. The van der Waals surface area contributed by atoms with Crippen LogP contribution in [0.15, 0.2) is 248 Å². The summed E-state index contributed by atoms with van der Waals surface area (Å²) < 4.78 is 2.42. The highest BCUT2D eigenvalue weighted by Crippen LogP contribution is 2.40. The Kier molecular flexibility index (Phi) is 12.0. The van der Waals surface area contributed by atoms with Crippen LogP contribution in [-0.4, -0.2) is 26.1 Å². The van der Waals surface area contributed by atoms with Gasteiger partial charge < -0.3 is 9.47 Å². The van der Waals surface area contributed by atoms with Crippen molar-refractivity contribution in [2.24, 2.45) is 0 Å². The van der Waals surface area contributed by atoms with Crippen molar-refractivity contribution in [1.29, 1.82) is 0 Å². The zero-order valence-electron chi connectivity index (χ0n) is 38.9. The fraction of sp³-hybridized carbons (Fsp3) is 0.0781. The molecule has 0 saturated carbocycles. The number of hydrogen-bond donors (Lipinski definition) is 0. The molecule has 0 spiro atoms. The molecule has 8 aromatic carbocycles. The first-order valence-electron chi connectivity index (χ1n) is 23.9. The predicted molar refractivity (Wildman–Crippen MR) is 289 cm³/mol. The summed E-state index contributed by atoms with van der Waals surface area (Å²) in [4.78, 5) is 17.7. The van der Waals surface area contributed by atoms with Crippen molar-refractivity contribution in [3.63, 3.8) is 0 Å². The number of para-hydroxylation sites is 2. The van der Waals surface area contributed by atoms with Gasteiger partial charge in [-0.25, -0.2) is 15.0 Å². The molecule has 0 fully saturated rings. The summed E-state index contributed by atoms with van der Waals surface area (Å²) in [5.41, 5.74) is 17.0. The molecule has 1 aliphatic heterocycles. The van der Waals surface area contributed by atoms with Crippen molar-refractivity contribution < 1.29 is 0 Å². The molecule has 0 N–H and O–H groups in total. The molecule has 1 aliphatic rings. The molecule has 0 radical (unpaired) electrons. The van der Waals surface area contributed by atoms with Crippen molar-refractivity contribution in [3.8, 4) is 62.1 Å². The molecule has 0 atom stereocenters. The first-order chi connectivity index (χ1) is 34.1. The Hall–Kier alpha value is -8.67. The van der Waals surface area contributed by atoms with E-state index in [0.29, 0.717) is 17.5 Å². The Morgan fingerprint density at radius 3 is 1.78 bits per heavy atom. The van der Waals surface area contributed by atoms with Gasteiger partial charge in [0.05, 0.1) is 11.0 Å². The molecule has 0 bridgehead atoms. The number of anilines is 1. The molecule has 10 aromatic rings. The highest BCUT2D eigenvalue weighted by atomic mass is 15.1. The minimum Gasteiger partial charge on any atom is -0.338 e. The maximum Gasteiger partial charge on any atom is 0.164 e. The largest absolute Gasteiger partial charge is 0.338 e. The summed E-state index contributed by atoms with van der Waals surface area (Å²) in [6, 6.07) is 72.9. The van der Waals surface area contributed by atoms with Crippen LogP contribution in [0.5, 0.6) is 0 Å². The lowest BCUT2D eigenvalue weighted by Crippen LogP contribution is -2.23. The smallest absolute Gasteiger partial charge is 0.164 e. The van der Waals surface area contributed by atoms with Crippen LogP contribution in [0.1, 0.15) is 32.3 Å². The van der Waals surface area contributed by atoms with Gasteiger partial charge in [-0.1, -0.05) is 195 Å². The average Bonchev–Trinajstić information content (AvgIpc) is 3.80. The van der Waals surface area contributed by atoms with Crippen LogP contribution in [-0.2, 0) is 0 Å². The highest BCUT2D eigenvalue weighted by molar-refractivity contribution is 6.16. The number of nitrogens with zero attached hydrogens (tertiary/aromatic N) is 5. The van der Waals surface area contributed by atoms with E-state index < -0.39 is 0 Å². The molecule has 0 amide bonds. The summed E-state index contributed by atoms with van der Waals surface area (Å²) in [5.74, 6) is 1.89. The molecule has 3 heterocycles. The predicted octanol–water partition coefficient (Wildman–Crippen LogP) is 16.4. The van der Waals surface area contributed by atoms with Crippen LogP contribution in [0.3, 0.4) is 0 Å². The summed E-state index contributed by atoms with van der Waals surface area (Å²) in [6.45, 7) is 5.12. The Balaban J connectivity index is 0.990. The van der Waals surface area contributed by atoms with E-state index in [-0.39, 0.29) is 0 Å².